The lowest BCUT2D eigenvalue weighted by molar-refractivity contribution is -0.987. The lowest BCUT2D eigenvalue weighted by Crippen LogP contribution is -2.51. The van der Waals surface area contributed by atoms with Crippen molar-refractivity contribution in [2.24, 2.45) is 0 Å². The highest BCUT2D eigenvalue weighted by molar-refractivity contribution is 6.29. The molecule has 2 aromatic heterocycles. The SMILES string of the molecule is O=[N+]([O-])C(c1nnn([B-]n2nnc(C([N+](=O)[O-])([N+](=O)[O-])[N+](=O)[O-])n2)n1)([N+](=O)[O-])[N+](=O)[O-]. The molecule has 2 rings (SSSR count). The van der Waals surface area contributed by atoms with Crippen LogP contribution in [-0.2, 0) is 11.6 Å². The van der Waals surface area contributed by atoms with Crippen LogP contribution in [0.5, 0.6) is 0 Å². The second-order valence-electron chi connectivity index (χ2n) is 4.80. The average molecular weight is 447 g/mol. The Hall–Kier alpha value is -5.40. The maximum atomic E-state index is 10.9. The Bertz CT molecular complexity index is 960. The van der Waals surface area contributed by atoms with Crippen molar-refractivity contribution in [1.29, 1.82) is 0 Å². The minimum Gasteiger partial charge on any atom is -0.385 e. The van der Waals surface area contributed by atoms with Gasteiger partial charge in [-0.3, -0.25) is 60.7 Å². The third-order valence-corrected chi connectivity index (χ3v) is 3.19. The molecule has 0 saturated heterocycles. The Kier molecular flexibility index (Phi) is 5.09. The van der Waals surface area contributed by atoms with Crippen molar-refractivity contribution in [1.82, 2.24) is 40.2 Å². The first-order chi connectivity index (χ1) is 14.3. The average Bonchev–Trinajstić information content (AvgIpc) is 3.25. The maximum absolute atomic E-state index is 10.9. The number of tetrazole rings is 2. The highest BCUT2D eigenvalue weighted by Gasteiger charge is 2.77. The van der Waals surface area contributed by atoms with Crippen LogP contribution >= 0.6 is 0 Å². The molecule has 0 unspecified atom stereocenters. The van der Waals surface area contributed by atoms with Gasteiger partial charge in [-0.25, -0.2) is 0 Å². The number of nitrogens with zero attached hydrogens (tertiary/aromatic N) is 14. The van der Waals surface area contributed by atoms with E-state index < -0.39 is 52.8 Å². The molecule has 2 radical (unpaired) electrons. The van der Waals surface area contributed by atoms with E-state index in [0.717, 1.165) is 0 Å². The predicted molar refractivity (Wildman–Crippen MR) is 77.5 cm³/mol. The minimum absolute atomic E-state index is 0.0399. The fraction of sp³-hybridized carbons (Fsp3) is 0.500. The maximum Gasteiger partial charge on any atom is 0.766 e. The number of aromatic nitrogens is 8. The molecule has 0 N–H and O–H groups in total. The van der Waals surface area contributed by atoms with Crippen LogP contribution in [-0.4, -0.2) is 77.3 Å². The van der Waals surface area contributed by atoms with Gasteiger partial charge in [-0.2, -0.15) is 10.2 Å². The summed E-state index contributed by atoms with van der Waals surface area (Å²) in [7, 11) is 0.308. The summed E-state index contributed by atoms with van der Waals surface area (Å²) in [6.45, 7) is 0. The van der Waals surface area contributed by atoms with Crippen LogP contribution in [0.15, 0.2) is 0 Å². The van der Waals surface area contributed by atoms with Crippen molar-refractivity contribution in [2.45, 2.75) is 11.6 Å². The summed E-state index contributed by atoms with van der Waals surface area (Å²) in [5.74, 6) is -11.8. The summed E-state index contributed by atoms with van der Waals surface area (Å²) in [5.41, 5.74) is 0. The molecule has 2 heterocycles. The van der Waals surface area contributed by atoms with Gasteiger partial charge in [0.15, 0.2) is 29.5 Å². The van der Waals surface area contributed by atoms with Crippen LogP contribution in [0.2, 0.25) is 0 Å². The Morgan fingerprint density at radius 3 is 1.06 bits per heavy atom. The van der Waals surface area contributed by atoms with E-state index in [9.17, 15) is 60.7 Å². The summed E-state index contributed by atoms with van der Waals surface area (Å²) < 4.78 is 0.0798. The van der Waals surface area contributed by atoms with Crippen LogP contribution in [0.1, 0.15) is 11.6 Å². The van der Waals surface area contributed by atoms with E-state index in [4.69, 9.17) is 0 Å². The van der Waals surface area contributed by atoms with Gasteiger partial charge in [0, 0.05) is 0 Å². The van der Waals surface area contributed by atoms with Gasteiger partial charge in [0.05, 0.1) is 7.55 Å². The van der Waals surface area contributed by atoms with E-state index in [-0.39, 0.29) is 9.42 Å². The number of nitro groups is 6. The third kappa shape index (κ3) is 3.01. The summed E-state index contributed by atoms with van der Waals surface area (Å²) >= 11 is 0. The zero-order chi connectivity index (χ0) is 23.7. The Balaban J connectivity index is 2.46. The van der Waals surface area contributed by atoms with Crippen LogP contribution in [0.3, 0.4) is 0 Å². The molecule has 0 aliphatic heterocycles. The fourth-order valence-electron chi connectivity index (χ4n) is 1.80. The first kappa shape index (κ1) is 21.9. The molecular weight excluding hydrogens is 447 g/mol. The topological polar surface area (TPSA) is 346 Å². The molecule has 0 saturated carbocycles. The molecule has 0 spiro atoms. The summed E-state index contributed by atoms with van der Waals surface area (Å²) in [5, 5.41) is 83.2. The third-order valence-electron chi connectivity index (χ3n) is 3.19. The van der Waals surface area contributed by atoms with E-state index in [1.165, 1.54) is 0 Å². The first-order valence-corrected chi connectivity index (χ1v) is 6.64. The second kappa shape index (κ2) is 7.21. The highest BCUT2D eigenvalue weighted by atomic mass is 16.7. The van der Waals surface area contributed by atoms with Gasteiger partial charge < -0.3 is 9.42 Å². The number of rotatable bonds is 10. The molecule has 26 nitrogen and oxygen atoms in total. The zero-order valence-corrected chi connectivity index (χ0v) is 13.7. The Morgan fingerprint density at radius 2 is 0.839 bits per heavy atom. The Morgan fingerprint density at radius 1 is 0.581 bits per heavy atom. The number of hydrogen-bond acceptors (Lipinski definition) is 18. The van der Waals surface area contributed by atoms with Gasteiger partial charge in [0.1, 0.15) is 0 Å². The van der Waals surface area contributed by atoms with Crippen LogP contribution in [0.4, 0.5) is 0 Å². The van der Waals surface area contributed by atoms with E-state index in [0.29, 0.717) is 7.55 Å². The standard InChI is InChI=1S/C4BN14O12/c20-12(21)3(13(22)23,14(24)25)1-6-10-18(8-1)5-19-9-2(7-11-19)4(15(26)27,16(28)29)17(30)31/q-1. The fourth-order valence-corrected chi connectivity index (χ4v) is 1.80. The van der Waals surface area contributed by atoms with Crippen LogP contribution in [0.25, 0.3) is 0 Å². The van der Waals surface area contributed by atoms with Crippen LogP contribution < -0.4 is 0 Å². The predicted octanol–water partition coefficient (Wildman–Crippen LogP) is -4.53. The van der Waals surface area contributed by atoms with Crippen molar-refractivity contribution in [2.75, 3.05) is 0 Å². The molecular formula is C4BN14O12-. The highest BCUT2D eigenvalue weighted by Crippen LogP contribution is 2.23. The molecule has 0 atom stereocenters. The lowest BCUT2D eigenvalue weighted by atomic mass is 10.2. The smallest absolute Gasteiger partial charge is 0.385 e. The van der Waals surface area contributed by atoms with Gasteiger partial charge in [0.25, 0.3) is 0 Å². The molecule has 31 heavy (non-hydrogen) atoms. The monoisotopic (exact) mass is 447 g/mol. The quantitative estimate of drug-likeness (QED) is 0.143. The molecule has 2 aromatic rings. The van der Waals surface area contributed by atoms with Crippen molar-refractivity contribution in [3.05, 3.63) is 72.3 Å². The molecule has 0 fully saturated rings. The molecule has 27 heteroatoms. The minimum atomic E-state index is -4.26. The molecule has 162 valence electrons. The molecule has 0 aliphatic carbocycles. The lowest BCUT2D eigenvalue weighted by Gasteiger charge is -2.11. The van der Waals surface area contributed by atoms with Gasteiger partial charge in [0.2, 0.25) is 0 Å². The molecule has 0 bridgehead atoms. The summed E-state index contributed by atoms with van der Waals surface area (Å²) in [4.78, 5) is 54.1. The van der Waals surface area contributed by atoms with Gasteiger partial charge in [-0.15, -0.1) is 0 Å². The van der Waals surface area contributed by atoms with Crippen molar-refractivity contribution in [3.63, 3.8) is 0 Å². The van der Waals surface area contributed by atoms with Crippen LogP contribution in [0, 0.1) is 60.7 Å². The summed E-state index contributed by atoms with van der Waals surface area (Å²) in [6, 6.07) is 0. The van der Waals surface area contributed by atoms with Crippen molar-refractivity contribution >= 4 is 7.55 Å². The zero-order valence-electron chi connectivity index (χ0n) is 13.7. The van der Waals surface area contributed by atoms with E-state index >= 15 is 0 Å². The van der Waals surface area contributed by atoms with Crippen molar-refractivity contribution in [3.8, 4) is 0 Å². The van der Waals surface area contributed by atoms with Crippen molar-refractivity contribution < 1.29 is 29.5 Å². The van der Waals surface area contributed by atoms with Gasteiger partial charge in [-0.1, -0.05) is 20.6 Å². The molecule has 0 amide bonds. The Labute approximate surface area is 162 Å². The number of hydrogen-bond donors (Lipinski definition) is 0. The molecule has 0 aromatic carbocycles. The second-order valence-corrected chi connectivity index (χ2v) is 4.80. The van der Waals surface area contributed by atoms with E-state index in [1.807, 2.05) is 0 Å². The first-order valence-electron chi connectivity index (χ1n) is 6.64. The largest absolute Gasteiger partial charge is 0.766 e. The van der Waals surface area contributed by atoms with E-state index in [1.54, 1.807) is 0 Å². The van der Waals surface area contributed by atoms with Gasteiger partial charge >= 0.3 is 23.2 Å². The van der Waals surface area contributed by atoms with Gasteiger partial charge in [-0.05, 0) is 0 Å². The molecule has 0 aliphatic rings. The van der Waals surface area contributed by atoms with E-state index in [2.05, 4.69) is 30.8 Å². The normalized spacial score (nSPS) is 11.6. The summed E-state index contributed by atoms with van der Waals surface area (Å²) in [6.07, 6.45) is 0.